The summed E-state index contributed by atoms with van der Waals surface area (Å²) in [7, 11) is 2.08. The predicted octanol–water partition coefficient (Wildman–Crippen LogP) is 0.712. The minimum absolute atomic E-state index is 0.457. The Kier molecular flexibility index (Phi) is 2.05. The summed E-state index contributed by atoms with van der Waals surface area (Å²) in [5.74, 6) is 0.457. The standard InChI is InChI=1S/C10H17N3/c1-13(9-4-5-9)7-10(12,6-11)8-2-3-8/h8-9H,2-5,7,12H2,1H3. The van der Waals surface area contributed by atoms with Crippen molar-refractivity contribution in [2.24, 2.45) is 11.7 Å². The van der Waals surface area contributed by atoms with Crippen LogP contribution in [0, 0.1) is 17.2 Å². The molecule has 2 N–H and O–H groups in total. The van der Waals surface area contributed by atoms with Gasteiger partial charge in [-0.05, 0) is 38.6 Å². The van der Waals surface area contributed by atoms with Crippen LogP contribution in [0.25, 0.3) is 0 Å². The Morgan fingerprint density at radius 2 is 2.08 bits per heavy atom. The Hall–Kier alpha value is -0.590. The SMILES string of the molecule is CN(CC(N)(C#N)C1CC1)C1CC1. The maximum Gasteiger partial charge on any atom is 0.119 e. The molecule has 1 atom stereocenters. The van der Waals surface area contributed by atoms with Crippen LogP contribution in [0.5, 0.6) is 0 Å². The molecule has 0 heterocycles. The van der Waals surface area contributed by atoms with E-state index in [4.69, 9.17) is 11.0 Å². The average molecular weight is 179 g/mol. The molecule has 2 aliphatic rings. The number of rotatable bonds is 4. The molecule has 13 heavy (non-hydrogen) atoms. The van der Waals surface area contributed by atoms with Crippen molar-refractivity contribution in [3.8, 4) is 6.07 Å². The predicted molar refractivity (Wildman–Crippen MR) is 50.9 cm³/mol. The van der Waals surface area contributed by atoms with E-state index in [9.17, 15) is 0 Å². The van der Waals surface area contributed by atoms with Crippen LogP contribution in [0.15, 0.2) is 0 Å². The van der Waals surface area contributed by atoms with Crippen LogP contribution in [0.2, 0.25) is 0 Å². The van der Waals surface area contributed by atoms with Crippen LogP contribution in [0.3, 0.4) is 0 Å². The highest BCUT2D eigenvalue weighted by Gasteiger charge is 2.44. The number of hydrogen-bond donors (Lipinski definition) is 1. The van der Waals surface area contributed by atoms with E-state index in [1.807, 2.05) is 0 Å². The molecular weight excluding hydrogens is 162 g/mol. The van der Waals surface area contributed by atoms with Crippen molar-refractivity contribution in [3.63, 3.8) is 0 Å². The molecule has 0 spiro atoms. The minimum Gasteiger partial charge on any atom is -0.312 e. The second-order valence-corrected chi connectivity index (χ2v) is 4.57. The Morgan fingerprint density at radius 1 is 1.46 bits per heavy atom. The summed E-state index contributed by atoms with van der Waals surface area (Å²) < 4.78 is 0. The van der Waals surface area contributed by atoms with Gasteiger partial charge in [-0.25, -0.2) is 0 Å². The van der Waals surface area contributed by atoms with Crippen molar-refractivity contribution in [1.82, 2.24) is 4.90 Å². The monoisotopic (exact) mass is 179 g/mol. The van der Waals surface area contributed by atoms with Gasteiger partial charge < -0.3 is 10.6 Å². The van der Waals surface area contributed by atoms with E-state index in [-0.39, 0.29) is 0 Å². The highest BCUT2D eigenvalue weighted by Crippen LogP contribution is 2.39. The first kappa shape index (κ1) is 8.98. The number of nitriles is 1. The van der Waals surface area contributed by atoms with Crippen LogP contribution < -0.4 is 5.73 Å². The maximum absolute atomic E-state index is 9.05. The van der Waals surface area contributed by atoms with Crippen molar-refractivity contribution in [2.45, 2.75) is 37.3 Å². The largest absolute Gasteiger partial charge is 0.312 e. The fraction of sp³-hybridized carbons (Fsp3) is 0.900. The molecule has 0 bridgehead atoms. The zero-order chi connectivity index (χ0) is 9.47. The molecule has 2 saturated carbocycles. The summed E-state index contributed by atoms with van der Waals surface area (Å²) in [6.45, 7) is 0.749. The van der Waals surface area contributed by atoms with E-state index < -0.39 is 5.54 Å². The molecular formula is C10H17N3. The number of likely N-dealkylation sites (N-methyl/N-ethyl adjacent to an activating group) is 1. The molecule has 3 heteroatoms. The number of hydrogen-bond acceptors (Lipinski definition) is 3. The molecule has 0 aliphatic heterocycles. The van der Waals surface area contributed by atoms with Gasteiger partial charge in [-0.3, -0.25) is 0 Å². The highest BCUT2D eigenvalue weighted by molar-refractivity contribution is 5.15. The lowest BCUT2D eigenvalue weighted by molar-refractivity contribution is 0.255. The second-order valence-electron chi connectivity index (χ2n) is 4.57. The molecule has 0 saturated heterocycles. The Labute approximate surface area is 79.5 Å². The van der Waals surface area contributed by atoms with Crippen LogP contribution in [-0.4, -0.2) is 30.1 Å². The van der Waals surface area contributed by atoms with Gasteiger partial charge in [0, 0.05) is 12.6 Å². The van der Waals surface area contributed by atoms with Crippen LogP contribution in [0.4, 0.5) is 0 Å². The van der Waals surface area contributed by atoms with E-state index in [1.54, 1.807) is 0 Å². The molecule has 72 valence electrons. The number of nitrogens with two attached hydrogens (primary N) is 1. The van der Waals surface area contributed by atoms with Gasteiger partial charge in [0.15, 0.2) is 0 Å². The lowest BCUT2D eigenvalue weighted by Gasteiger charge is -2.27. The van der Waals surface area contributed by atoms with Crippen molar-refractivity contribution in [2.75, 3.05) is 13.6 Å². The molecule has 1 unspecified atom stereocenters. The topological polar surface area (TPSA) is 53.0 Å². The minimum atomic E-state index is -0.572. The van der Waals surface area contributed by atoms with Crippen molar-refractivity contribution in [3.05, 3.63) is 0 Å². The number of nitrogens with zero attached hydrogens (tertiary/aromatic N) is 2. The fourth-order valence-electron chi connectivity index (χ4n) is 1.91. The molecule has 0 aromatic heterocycles. The van der Waals surface area contributed by atoms with Crippen molar-refractivity contribution in [1.29, 1.82) is 5.26 Å². The molecule has 0 amide bonds. The van der Waals surface area contributed by atoms with E-state index in [1.165, 1.54) is 12.8 Å². The van der Waals surface area contributed by atoms with Gasteiger partial charge in [0.1, 0.15) is 5.54 Å². The second kappa shape index (κ2) is 2.97. The van der Waals surface area contributed by atoms with Crippen LogP contribution >= 0.6 is 0 Å². The first-order chi connectivity index (χ1) is 6.15. The molecule has 2 rings (SSSR count). The summed E-state index contributed by atoms with van der Waals surface area (Å²) in [5, 5.41) is 9.05. The lowest BCUT2D eigenvalue weighted by atomic mass is 9.96. The lowest BCUT2D eigenvalue weighted by Crippen LogP contribution is -2.50. The molecule has 2 fully saturated rings. The summed E-state index contributed by atoms with van der Waals surface area (Å²) in [5.41, 5.74) is 5.49. The first-order valence-corrected chi connectivity index (χ1v) is 5.06. The first-order valence-electron chi connectivity index (χ1n) is 5.06. The van der Waals surface area contributed by atoms with Crippen molar-refractivity contribution < 1.29 is 0 Å². The highest BCUT2D eigenvalue weighted by atomic mass is 15.2. The third-order valence-corrected chi connectivity index (χ3v) is 3.20. The molecule has 0 aromatic carbocycles. The van der Waals surface area contributed by atoms with Crippen LogP contribution in [-0.2, 0) is 0 Å². The average Bonchev–Trinajstić information content (AvgIpc) is 2.90. The van der Waals surface area contributed by atoms with Crippen molar-refractivity contribution >= 4 is 0 Å². The molecule has 2 aliphatic carbocycles. The van der Waals surface area contributed by atoms with E-state index in [0.29, 0.717) is 12.0 Å². The van der Waals surface area contributed by atoms with Gasteiger partial charge >= 0.3 is 0 Å². The third kappa shape index (κ3) is 1.84. The zero-order valence-electron chi connectivity index (χ0n) is 8.16. The molecule has 0 radical (unpaired) electrons. The summed E-state index contributed by atoms with van der Waals surface area (Å²) in [6.07, 6.45) is 4.84. The van der Waals surface area contributed by atoms with Gasteiger partial charge in [-0.2, -0.15) is 5.26 Å². The molecule has 0 aromatic rings. The van der Waals surface area contributed by atoms with Gasteiger partial charge in [-0.1, -0.05) is 0 Å². The van der Waals surface area contributed by atoms with E-state index in [0.717, 1.165) is 19.4 Å². The quantitative estimate of drug-likeness (QED) is 0.691. The summed E-state index contributed by atoms with van der Waals surface area (Å²) in [6, 6.07) is 2.99. The summed E-state index contributed by atoms with van der Waals surface area (Å²) in [4.78, 5) is 2.25. The van der Waals surface area contributed by atoms with E-state index in [2.05, 4.69) is 18.0 Å². The van der Waals surface area contributed by atoms with Crippen LogP contribution in [0.1, 0.15) is 25.7 Å². The zero-order valence-corrected chi connectivity index (χ0v) is 8.16. The van der Waals surface area contributed by atoms with E-state index >= 15 is 0 Å². The Bertz CT molecular complexity index is 237. The maximum atomic E-state index is 9.05. The third-order valence-electron chi connectivity index (χ3n) is 3.20. The van der Waals surface area contributed by atoms with Gasteiger partial charge in [0.05, 0.1) is 6.07 Å². The Morgan fingerprint density at radius 3 is 2.46 bits per heavy atom. The van der Waals surface area contributed by atoms with Gasteiger partial charge in [0.25, 0.3) is 0 Å². The van der Waals surface area contributed by atoms with Gasteiger partial charge in [-0.15, -0.1) is 0 Å². The van der Waals surface area contributed by atoms with Gasteiger partial charge in [0.2, 0.25) is 0 Å². The molecule has 3 nitrogen and oxygen atoms in total. The Balaban J connectivity index is 1.92. The fourth-order valence-corrected chi connectivity index (χ4v) is 1.91. The summed E-state index contributed by atoms with van der Waals surface area (Å²) >= 11 is 0. The smallest absolute Gasteiger partial charge is 0.119 e. The normalized spacial score (nSPS) is 26.9.